The molecule has 0 aromatic heterocycles. The maximum Gasteiger partial charge on any atom is 0.326 e. The first kappa shape index (κ1) is 15.8. The number of rotatable bonds is 6. The van der Waals surface area contributed by atoms with Gasteiger partial charge in [-0.05, 0) is 25.7 Å². The molecule has 2 amide bonds. The fourth-order valence-electron chi connectivity index (χ4n) is 2.50. The van der Waals surface area contributed by atoms with Crippen LogP contribution in [0.1, 0.15) is 58.8 Å². The first-order valence-corrected chi connectivity index (χ1v) is 7.32. The Hall–Kier alpha value is -1.26. The fraction of sp³-hybridized carbons (Fsp3) is 0.857. The number of hydrogen-bond donors (Lipinski definition) is 3. The van der Waals surface area contributed by atoms with E-state index >= 15 is 0 Å². The molecule has 0 spiro atoms. The zero-order chi connectivity index (χ0) is 14.3. The van der Waals surface area contributed by atoms with Crippen LogP contribution in [0.4, 0.5) is 4.79 Å². The second-order valence-electron chi connectivity index (χ2n) is 5.56. The van der Waals surface area contributed by atoms with Gasteiger partial charge in [0.05, 0.1) is 0 Å². The van der Waals surface area contributed by atoms with Gasteiger partial charge in [-0.1, -0.05) is 39.0 Å². The summed E-state index contributed by atoms with van der Waals surface area (Å²) in [6.45, 7) is 3.87. The summed E-state index contributed by atoms with van der Waals surface area (Å²) >= 11 is 0. The normalized spacial score (nSPS) is 19.5. The molecule has 0 aromatic rings. The minimum Gasteiger partial charge on any atom is -0.480 e. The second kappa shape index (κ2) is 8.02. The van der Waals surface area contributed by atoms with E-state index in [1.165, 1.54) is 19.3 Å². The monoisotopic (exact) mass is 270 g/mol. The van der Waals surface area contributed by atoms with Gasteiger partial charge in [-0.25, -0.2) is 9.59 Å². The van der Waals surface area contributed by atoms with Gasteiger partial charge in [-0.3, -0.25) is 0 Å². The van der Waals surface area contributed by atoms with Crippen LogP contribution < -0.4 is 10.6 Å². The summed E-state index contributed by atoms with van der Waals surface area (Å²) < 4.78 is 0. The Bertz CT molecular complexity index is 301. The number of urea groups is 1. The molecule has 0 bridgehead atoms. The molecule has 110 valence electrons. The predicted molar refractivity (Wildman–Crippen MR) is 74.0 cm³/mol. The summed E-state index contributed by atoms with van der Waals surface area (Å²) in [7, 11) is 0. The van der Waals surface area contributed by atoms with E-state index in [2.05, 4.69) is 10.6 Å². The van der Waals surface area contributed by atoms with Gasteiger partial charge in [0.25, 0.3) is 0 Å². The van der Waals surface area contributed by atoms with Crippen LogP contribution in [0.2, 0.25) is 0 Å². The van der Waals surface area contributed by atoms with E-state index in [0.717, 1.165) is 19.3 Å². The fourth-order valence-corrected chi connectivity index (χ4v) is 2.50. The van der Waals surface area contributed by atoms with Crippen LogP contribution in [0.5, 0.6) is 0 Å². The van der Waals surface area contributed by atoms with Crippen molar-refractivity contribution in [3.8, 4) is 0 Å². The minimum absolute atomic E-state index is 0.0594. The molecule has 3 N–H and O–H groups in total. The Morgan fingerprint density at radius 3 is 2.37 bits per heavy atom. The molecule has 1 aliphatic rings. The highest BCUT2D eigenvalue weighted by Gasteiger charge is 2.25. The minimum atomic E-state index is -0.940. The maximum absolute atomic E-state index is 11.7. The number of carbonyl (C=O) groups is 2. The zero-order valence-electron chi connectivity index (χ0n) is 11.9. The largest absolute Gasteiger partial charge is 0.480 e. The van der Waals surface area contributed by atoms with Crippen LogP contribution in [0.3, 0.4) is 0 Å². The topological polar surface area (TPSA) is 78.4 Å². The average molecular weight is 270 g/mol. The molecule has 1 aliphatic carbocycles. The van der Waals surface area contributed by atoms with Crippen LogP contribution in [0.15, 0.2) is 0 Å². The molecule has 0 heterocycles. The summed E-state index contributed by atoms with van der Waals surface area (Å²) in [4.78, 5) is 22.9. The highest BCUT2D eigenvalue weighted by Crippen LogP contribution is 2.27. The third-order valence-electron chi connectivity index (χ3n) is 3.89. The number of aliphatic carboxylic acids is 1. The van der Waals surface area contributed by atoms with E-state index in [4.69, 9.17) is 0 Å². The molecular formula is C14H26N2O3. The number of carboxylic acid groups (broad SMARTS) is 1. The number of carbonyl (C=O) groups excluding carboxylic acids is 1. The molecule has 0 saturated heterocycles. The molecule has 2 atom stereocenters. The van der Waals surface area contributed by atoms with Gasteiger partial charge in [0.1, 0.15) is 6.04 Å². The van der Waals surface area contributed by atoms with Gasteiger partial charge in [0.2, 0.25) is 0 Å². The summed E-state index contributed by atoms with van der Waals surface area (Å²) in [5, 5.41) is 14.5. The van der Waals surface area contributed by atoms with E-state index in [0.29, 0.717) is 12.3 Å². The SMILES string of the molecule is CCC(C)NC(=O)NC(CC1CCCCC1)C(=O)O. The van der Waals surface area contributed by atoms with Crippen LogP contribution >= 0.6 is 0 Å². The van der Waals surface area contributed by atoms with E-state index in [-0.39, 0.29) is 12.1 Å². The van der Waals surface area contributed by atoms with E-state index < -0.39 is 12.0 Å². The third kappa shape index (κ3) is 5.94. The molecule has 5 nitrogen and oxygen atoms in total. The van der Waals surface area contributed by atoms with Gasteiger partial charge < -0.3 is 15.7 Å². The highest BCUT2D eigenvalue weighted by atomic mass is 16.4. The second-order valence-corrected chi connectivity index (χ2v) is 5.56. The van der Waals surface area contributed by atoms with Crippen molar-refractivity contribution < 1.29 is 14.7 Å². The Kier molecular flexibility index (Phi) is 6.67. The first-order valence-electron chi connectivity index (χ1n) is 7.32. The van der Waals surface area contributed by atoms with Crippen molar-refractivity contribution in [2.75, 3.05) is 0 Å². The number of amides is 2. The lowest BCUT2D eigenvalue weighted by molar-refractivity contribution is -0.139. The Morgan fingerprint density at radius 2 is 1.84 bits per heavy atom. The van der Waals surface area contributed by atoms with Crippen molar-refractivity contribution in [2.45, 2.75) is 70.9 Å². The van der Waals surface area contributed by atoms with Crippen LogP contribution in [0.25, 0.3) is 0 Å². The lowest BCUT2D eigenvalue weighted by Gasteiger charge is -2.25. The van der Waals surface area contributed by atoms with Crippen LogP contribution in [-0.2, 0) is 4.79 Å². The van der Waals surface area contributed by atoms with Gasteiger partial charge in [-0.15, -0.1) is 0 Å². The van der Waals surface area contributed by atoms with Crippen molar-refractivity contribution >= 4 is 12.0 Å². The Labute approximate surface area is 115 Å². The summed E-state index contributed by atoms with van der Waals surface area (Å²) in [5.74, 6) is -0.511. The molecule has 2 unspecified atom stereocenters. The van der Waals surface area contributed by atoms with Crippen LogP contribution in [0, 0.1) is 5.92 Å². The quantitative estimate of drug-likeness (QED) is 0.694. The van der Waals surface area contributed by atoms with Gasteiger partial charge >= 0.3 is 12.0 Å². The summed E-state index contributed by atoms with van der Waals surface area (Å²) in [5.41, 5.74) is 0. The molecule has 0 radical (unpaired) electrons. The number of nitrogens with one attached hydrogen (secondary N) is 2. The molecule has 5 heteroatoms. The standard InChI is InChI=1S/C14H26N2O3/c1-3-10(2)15-14(19)16-12(13(17)18)9-11-7-5-4-6-8-11/h10-12H,3-9H2,1-2H3,(H,17,18)(H2,15,16,19). The third-order valence-corrected chi connectivity index (χ3v) is 3.89. The Morgan fingerprint density at radius 1 is 1.21 bits per heavy atom. The van der Waals surface area contributed by atoms with E-state index in [9.17, 15) is 14.7 Å². The van der Waals surface area contributed by atoms with Gasteiger partial charge in [-0.2, -0.15) is 0 Å². The van der Waals surface area contributed by atoms with Crippen LogP contribution in [-0.4, -0.2) is 29.2 Å². The van der Waals surface area contributed by atoms with Gasteiger partial charge in [0, 0.05) is 6.04 Å². The molecule has 1 rings (SSSR count). The van der Waals surface area contributed by atoms with Crippen molar-refractivity contribution in [3.63, 3.8) is 0 Å². The smallest absolute Gasteiger partial charge is 0.326 e. The van der Waals surface area contributed by atoms with Crippen molar-refractivity contribution in [1.29, 1.82) is 0 Å². The molecule has 1 saturated carbocycles. The number of hydrogen-bond acceptors (Lipinski definition) is 2. The lowest BCUT2D eigenvalue weighted by atomic mass is 9.85. The van der Waals surface area contributed by atoms with Crippen molar-refractivity contribution in [2.24, 2.45) is 5.92 Å². The predicted octanol–water partition coefficient (Wildman–Crippen LogP) is 2.51. The Balaban J connectivity index is 2.43. The number of carboxylic acids is 1. The first-order chi connectivity index (χ1) is 9.02. The highest BCUT2D eigenvalue weighted by molar-refractivity contribution is 5.82. The lowest BCUT2D eigenvalue weighted by Crippen LogP contribution is -2.49. The van der Waals surface area contributed by atoms with Crippen molar-refractivity contribution in [1.82, 2.24) is 10.6 Å². The molecule has 1 fully saturated rings. The summed E-state index contributed by atoms with van der Waals surface area (Å²) in [6.07, 6.45) is 7.14. The van der Waals surface area contributed by atoms with E-state index in [1.54, 1.807) is 0 Å². The average Bonchev–Trinajstić information content (AvgIpc) is 2.38. The molecular weight excluding hydrogens is 244 g/mol. The van der Waals surface area contributed by atoms with Crippen molar-refractivity contribution in [3.05, 3.63) is 0 Å². The zero-order valence-corrected chi connectivity index (χ0v) is 11.9. The maximum atomic E-state index is 11.7. The molecule has 0 aliphatic heterocycles. The molecule has 19 heavy (non-hydrogen) atoms. The molecule has 0 aromatic carbocycles. The summed E-state index contributed by atoms with van der Waals surface area (Å²) in [6, 6.07) is -1.09. The van der Waals surface area contributed by atoms with E-state index in [1.807, 2.05) is 13.8 Å². The van der Waals surface area contributed by atoms with Gasteiger partial charge in [0.15, 0.2) is 0 Å².